The Kier molecular flexibility index (Phi) is 10.0. The second kappa shape index (κ2) is 11.6. The molecule has 0 radical (unpaired) electrons. The maximum absolute atomic E-state index is 10.2. The molecular formula is C20H38O11. The predicted octanol–water partition coefficient (Wildman–Crippen LogP) is -2.30. The van der Waals surface area contributed by atoms with Crippen molar-refractivity contribution in [2.24, 2.45) is 11.8 Å². The molecule has 0 bridgehead atoms. The van der Waals surface area contributed by atoms with Crippen LogP contribution in [-0.4, -0.2) is 116 Å². The summed E-state index contributed by atoms with van der Waals surface area (Å²) in [5.74, 6) is 0.191. The highest BCUT2D eigenvalue weighted by molar-refractivity contribution is 4.91. The maximum Gasteiger partial charge on any atom is 0.186 e. The number of hydrogen-bond acceptors (Lipinski definition) is 11. The molecule has 2 aliphatic rings. The van der Waals surface area contributed by atoms with Gasteiger partial charge >= 0.3 is 0 Å². The molecule has 0 amide bonds. The third-order valence-electron chi connectivity index (χ3n) is 6.11. The molecule has 0 aromatic carbocycles. The fraction of sp³-hybridized carbons (Fsp3) is 1.00. The van der Waals surface area contributed by atoms with E-state index in [1.54, 1.807) is 6.92 Å². The van der Waals surface area contributed by atoms with Crippen molar-refractivity contribution in [2.45, 2.75) is 102 Å². The van der Waals surface area contributed by atoms with Crippen molar-refractivity contribution in [3.8, 4) is 0 Å². The van der Waals surface area contributed by atoms with E-state index in [-0.39, 0.29) is 25.0 Å². The van der Waals surface area contributed by atoms with Gasteiger partial charge in [-0.1, -0.05) is 13.8 Å². The van der Waals surface area contributed by atoms with Gasteiger partial charge in [-0.2, -0.15) is 0 Å². The summed E-state index contributed by atoms with van der Waals surface area (Å²) in [5, 5.41) is 70.1. The van der Waals surface area contributed by atoms with Gasteiger partial charge in [0.1, 0.15) is 42.7 Å². The minimum Gasteiger partial charge on any atom is -0.393 e. The van der Waals surface area contributed by atoms with Gasteiger partial charge in [0.15, 0.2) is 12.6 Å². The lowest BCUT2D eigenvalue weighted by atomic mass is 9.88. The van der Waals surface area contributed by atoms with E-state index < -0.39 is 67.5 Å². The molecule has 0 aliphatic carbocycles. The van der Waals surface area contributed by atoms with Crippen LogP contribution in [0.1, 0.15) is 34.1 Å². The van der Waals surface area contributed by atoms with Crippen LogP contribution in [0.3, 0.4) is 0 Å². The van der Waals surface area contributed by atoms with Gasteiger partial charge in [0.05, 0.1) is 25.4 Å². The summed E-state index contributed by atoms with van der Waals surface area (Å²) in [6, 6.07) is 0. The molecule has 2 heterocycles. The van der Waals surface area contributed by atoms with Crippen LogP contribution in [0.15, 0.2) is 0 Å². The van der Waals surface area contributed by atoms with Crippen molar-refractivity contribution in [2.75, 3.05) is 13.2 Å². The summed E-state index contributed by atoms with van der Waals surface area (Å²) in [6.45, 7) is 6.97. The minimum absolute atomic E-state index is 0.0240. The minimum atomic E-state index is -1.56. The summed E-state index contributed by atoms with van der Waals surface area (Å²) in [6.07, 6.45) is -13.3. The van der Waals surface area contributed by atoms with Gasteiger partial charge in [0.2, 0.25) is 0 Å². The van der Waals surface area contributed by atoms with Crippen molar-refractivity contribution in [3.63, 3.8) is 0 Å². The zero-order chi connectivity index (χ0) is 23.5. The fourth-order valence-electron chi connectivity index (χ4n) is 3.98. The molecule has 11 nitrogen and oxygen atoms in total. The number of hydrogen-bond donors (Lipinski definition) is 7. The third-order valence-corrected chi connectivity index (χ3v) is 6.11. The first-order valence-electron chi connectivity index (χ1n) is 10.8. The standard InChI is InChI=1S/C20H38O11/c1-8(2)11(9(3)21)5-6-28-19-18(27)16(25)14(23)12(31-19)7-29-20-17(26)15(24)13(22)10(4)30-20/h8-27H,5-7H2,1-4H3. The van der Waals surface area contributed by atoms with Gasteiger partial charge in [-0.15, -0.1) is 0 Å². The lowest BCUT2D eigenvalue weighted by Gasteiger charge is -2.42. The zero-order valence-corrected chi connectivity index (χ0v) is 18.4. The molecule has 0 aromatic rings. The van der Waals surface area contributed by atoms with Gasteiger partial charge in [-0.05, 0) is 32.1 Å². The Balaban J connectivity index is 1.92. The molecular weight excluding hydrogens is 416 g/mol. The van der Waals surface area contributed by atoms with Gasteiger partial charge < -0.3 is 54.7 Å². The SMILES string of the molecule is CC(C)C(CCOC1OC(COC2OC(C)C(O)C(O)C2O)C(O)C(O)C1O)C(C)O. The third kappa shape index (κ3) is 6.55. The van der Waals surface area contributed by atoms with E-state index in [1.165, 1.54) is 6.92 Å². The number of aliphatic hydroxyl groups excluding tert-OH is 7. The molecule has 0 spiro atoms. The van der Waals surface area contributed by atoms with Crippen molar-refractivity contribution >= 4 is 0 Å². The summed E-state index contributed by atoms with van der Waals surface area (Å²) in [7, 11) is 0. The van der Waals surface area contributed by atoms with E-state index in [1.807, 2.05) is 13.8 Å². The first kappa shape index (κ1) is 26.8. The second-order valence-electron chi connectivity index (χ2n) is 8.84. The maximum atomic E-state index is 10.2. The fourth-order valence-corrected chi connectivity index (χ4v) is 3.98. The van der Waals surface area contributed by atoms with Crippen molar-refractivity contribution in [1.82, 2.24) is 0 Å². The van der Waals surface area contributed by atoms with Gasteiger partial charge in [0, 0.05) is 0 Å². The molecule has 184 valence electrons. The lowest BCUT2D eigenvalue weighted by Crippen LogP contribution is -2.61. The van der Waals surface area contributed by atoms with Crippen LogP contribution in [0.5, 0.6) is 0 Å². The van der Waals surface area contributed by atoms with Gasteiger partial charge in [-0.3, -0.25) is 0 Å². The zero-order valence-electron chi connectivity index (χ0n) is 18.4. The molecule has 31 heavy (non-hydrogen) atoms. The largest absolute Gasteiger partial charge is 0.393 e. The summed E-state index contributed by atoms with van der Waals surface area (Å²) in [5.41, 5.74) is 0. The van der Waals surface area contributed by atoms with E-state index >= 15 is 0 Å². The first-order chi connectivity index (χ1) is 14.5. The average Bonchev–Trinajstić information content (AvgIpc) is 2.71. The van der Waals surface area contributed by atoms with Gasteiger partial charge in [-0.25, -0.2) is 0 Å². The summed E-state index contributed by atoms with van der Waals surface area (Å²) in [4.78, 5) is 0. The Hall–Kier alpha value is -0.440. The van der Waals surface area contributed by atoms with Crippen LogP contribution >= 0.6 is 0 Å². The van der Waals surface area contributed by atoms with Gasteiger partial charge in [0.25, 0.3) is 0 Å². The number of ether oxygens (including phenoxy) is 4. The molecule has 2 rings (SSSR count). The molecule has 0 aromatic heterocycles. The van der Waals surface area contributed by atoms with E-state index in [0.717, 1.165) is 0 Å². The quantitative estimate of drug-likeness (QED) is 0.199. The first-order valence-corrected chi connectivity index (χ1v) is 10.8. The van der Waals surface area contributed by atoms with Crippen LogP contribution in [0, 0.1) is 11.8 Å². The molecule has 0 saturated carbocycles. The Labute approximate surface area is 182 Å². The summed E-state index contributed by atoms with van der Waals surface area (Å²) < 4.78 is 21.9. The normalized spacial score (nSPS) is 43.7. The van der Waals surface area contributed by atoms with E-state index in [4.69, 9.17) is 18.9 Å². The molecule has 7 N–H and O–H groups in total. The Morgan fingerprint density at radius 1 is 0.742 bits per heavy atom. The smallest absolute Gasteiger partial charge is 0.186 e. The van der Waals surface area contributed by atoms with Crippen LogP contribution in [0.2, 0.25) is 0 Å². The van der Waals surface area contributed by atoms with Crippen LogP contribution < -0.4 is 0 Å². The highest BCUT2D eigenvalue weighted by Gasteiger charge is 2.46. The van der Waals surface area contributed by atoms with Crippen molar-refractivity contribution < 1.29 is 54.7 Å². The highest BCUT2D eigenvalue weighted by Crippen LogP contribution is 2.27. The Bertz CT molecular complexity index is 525. The molecule has 12 unspecified atom stereocenters. The second-order valence-corrected chi connectivity index (χ2v) is 8.84. The highest BCUT2D eigenvalue weighted by atomic mass is 16.7. The topological polar surface area (TPSA) is 179 Å². The molecule has 12 atom stereocenters. The Morgan fingerprint density at radius 3 is 1.84 bits per heavy atom. The number of rotatable bonds is 9. The molecule has 2 saturated heterocycles. The monoisotopic (exact) mass is 454 g/mol. The predicted molar refractivity (Wildman–Crippen MR) is 106 cm³/mol. The molecule has 2 aliphatic heterocycles. The van der Waals surface area contributed by atoms with Crippen LogP contribution in [-0.2, 0) is 18.9 Å². The van der Waals surface area contributed by atoms with Crippen molar-refractivity contribution in [3.05, 3.63) is 0 Å². The van der Waals surface area contributed by atoms with Crippen LogP contribution in [0.4, 0.5) is 0 Å². The Morgan fingerprint density at radius 2 is 1.29 bits per heavy atom. The van der Waals surface area contributed by atoms with E-state index in [2.05, 4.69) is 0 Å². The molecule has 2 fully saturated rings. The summed E-state index contributed by atoms with van der Waals surface area (Å²) >= 11 is 0. The molecule has 11 heteroatoms. The van der Waals surface area contributed by atoms with Crippen LogP contribution in [0.25, 0.3) is 0 Å². The average molecular weight is 455 g/mol. The lowest BCUT2D eigenvalue weighted by molar-refractivity contribution is -0.328. The van der Waals surface area contributed by atoms with E-state index in [9.17, 15) is 35.7 Å². The van der Waals surface area contributed by atoms with E-state index in [0.29, 0.717) is 6.42 Å². The number of aliphatic hydroxyl groups is 7. The van der Waals surface area contributed by atoms with Crippen molar-refractivity contribution in [1.29, 1.82) is 0 Å².